The molecule has 0 bridgehead atoms. The first-order valence-corrected chi connectivity index (χ1v) is 3.94. The Kier molecular flexibility index (Phi) is 3.08. The summed E-state index contributed by atoms with van der Waals surface area (Å²) in [6.07, 6.45) is 0.591. The molecular formula is C9H12O4. The van der Waals surface area contributed by atoms with Crippen LogP contribution in [0.15, 0.2) is 16.7 Å². The third kappa shape index (κ3) is 2.32. The van der Waals surface area contributed by atoms with Gasteiger partial charge < -0.3 is 14.3 Å². The second-order valence-electron chi connectivity index (χ2n) is 2.73. The highest BCUT2D eigenvalue weighted by molar-refractivity contribution is 5.70. The molecule has 0 amide bonds. The zero-order chi connectivity index (χ0) is 9.84. The van der Waals surface area contributed by atoms with Crippen LogP contribution in [0.3, 0.4) is 0 Å². The van der Waals surface area contributed by atoms with Gasteiger partial charge in [-0.3, -0.25) is 4.79 Å². The summed E-state index contributed by atoms with van der Waals surface area (Å²) < 4.78 is 9.42. The highest BCUT2D eigenvalue weighted by Gasteiger charge is 2.16. The minimum absolute atomic E-state index is 0.0448. The van der Waals surface area contributed by atoms with E-state index in [1.807, 2.05) is 0 Å². The topological polar surface area (TPSA) is 59.7 Å². The summed E-state index contributed by atoms with van der Waals surface area (Å²) in [5.74, 6) is 0.185. The van der Waals surface area contributed by atoms with Crippen molar-refractivity contribution in [2.24, 2.45) is 0 Å². The second kappa shape index (κ2) is 4.09. The van der Waals surface area contributed by atoms with Crippen molar-refractivity contribution in [3.05, 3.63) is 23.7 Å². The minimum atomic E-state index is -0.841. The Balaban J connectivity index is 2.63. The SMILES string of the molecule is COC(=O)C[C@H](O)c1ccoc1C. The maximum Gasteiger partial charge on any atom is 0.308 e. The fourth-order valence-corrected chi connectivity index (χ4v) is 1.09. The molecule has 4 heteroatoms. The van der Waals surface area contributed by atoms with Gasteiger partial charge in [0, 0.05) is 5.56 Å². The third-order valence-corrected chi connectivity index (χ3v) is 1.85. The summed E-state index contributed by atoms with van der Waals surface area (Å²) >= 11 is 0. The number of furan rings is 1. The Hall–Kier alpha value is -1.29. The molecule has 1 N–H and O–H groups in total. The van der Waals surface area contributed by atoms with Gasteiger partial charge in [0.05, 0.1) is 25.9 Å². The number of methoxy groups -OCH3 is 1. The van der Waals surface area contributed by atoms with Gasteiger partial charge in [-0.15, -0.1) is 0 Å². The molecule has 0 aliphatic heterocycles. The molecule has 0 fully saturated rings. The fourth-order valence-electron chi connectivity index (χ4n) is 1.09. The number of aliphatic hydroxyl groups is 1. The van der Waals surface area contributed by atoms with Gasteiger partial charge in [0.1, 0.15) is 5.76 Å². The van der Waals surface area contributed by atoms with Crippen LogP contribution in [0.2, 0.25) is 0 Å². The normalized spacial score (nSPS) is 12.5. The molecule has 0 spiro atoms. The summed E-state index contributed by atoms with van der Waals surface area (Å²) in [5.41, 5.74) is 0.630. The number of esters is 1. The first-order chi connectivity index (χ1) is 6.15. The molecule has 1 rings (SSSR count). The molecule has 1 aromatic rings. The summed E-state index contributed by atoms with van der Waals surface area (Å²) in [4.78, 5) is 10.8. The van der Waals surface area contributed by atoms with Crippen molar-refractivity contribution in [3.63, 3.8) is 0 Å². The Labute approximate surface area is 76.1 Å². The Morgan fingerprint density at radius 3 is 2.92 bits per heavy atom. The number of rotatable bonds is 3. The third-order valence-electron chi connectivity index (χ3n) is 1.85. The van der Waals surface area contributed by atoms with Gasteiger partial charge >= 0.3 is 5.97 Å². The van der Waals surface area contributed by atoms with Crippen LogP contribution < -0.4 is 0 Å². The molecule has 0 saturated heterocycles. The Morgan fingerprint density at radius 1 is 1.77 bits per heavy atom. The lowest BCUT2D eigenvalue weighted by Crippen LogP contribution is -2.08. The van der Waals surface area contributed by atoms with Crippen LogP contribution in [-0.4, -0.2) is 18.2 Å². The van der Waals surface area contributed by atoms with Gasteiger partial charge in [-0.05, 0) is 13.0 Å². The van der Waals surface area contributed by atoms with E-state index in [0.717, 1.165) is 0 Å². The van der Waals surface area contributed by atoms with E-state index < -0.39 is 12.1 Å². The largest absolute Gasteiger partial charge is 0.469 e. The molecule has 0 aliphatic rings. The van der Waals surface area contributed by atoms with Crippen LogP contribution in [-0.2, 0) is 9.53 Å². The molecular weight excluding hydrogens is 172 g/mol. The molecule has 0 saturated carbocycles. The molecule has 1 heterocycles. The molecule has 13 heavy (non-hydrogen) atoms. The summed E-state index contributed by atoms with van der Waals surface area (Å²) in [6, 6.07) is 1.64. The van der Waals surface area contributed by atoms with E-state index in [2.05, 4.69) is 4.74 Å². The van der Waals surface area contributed by atoms with E-state index in [1.165, 1.54) is 13.4 Å². The van der Waals surface area contributed by atoms with Crippen molar-refractivity contribution in [3.8, 4) is 0 Å². The lowest BCUT2D eigenvalue weighted by Gasteiger charge is -2.07. The number of hydrogen-bond donors (Lipinski definition) is 1. The zero-order valence-electron chi connectivity index (χ0n) is 7.61. The van der Waals surface area contributed by atoms with Crippen LogP contribution in [0.4, 0.5) is 0 Å². The van der Waals surface area contributed by atoms with Gasteiger partial charge in [0.2, 0.25) is 0 Å². The van der Waals surface area contributed by atoms with E-state index in [9.17, 15) is 9.90 Å². The molecule has 0 aromatic carbocycles. The van der Waals surface area contributed by atoms with Gasteiger partial charge in [-0.25, -0.2) is 0 Å². The predicted octanol–water partition coefficient (Wildman–Crippen LogP) is 1.18. The molecule has 0 unspecified atom stereocenters. The molecule has 72 valence electrons. The van der Waals surface area contributed by atoms with Crippen molar-refractivity contribution in [1.29, 1.82) is 0 Å². The average molecular weight is 184 g/mol. The maximum absolute atomic E-state index is 10.8. The number of hydrogen-bond acceptors (Lipinski definition) is 4. The maximum atomic E-state index is 10.8. The lowest BCUT2D eigenvalue weighted by atomic mass is 10.1. The quantitative estimate of drug-likeness (QED) is 0.716. The summed E-state index contributed by atoms with van der Waals surface area (Å²) in [5, 5.41) is 9.53. The van der Waals surface area contributed by atoms with Crippen LogP contribution in [0.25, 0.3) is 0 Å². The minimum Gasteiger partial charge on any atom is -0.469 e. The lowest BCUT2D eigenvalue weighted by molar-refractivity contribution is -0.142. The zero-order valence-corrected chi connectivity index (χ0v) is 7.61. The molecule has 1 aromatic heterocycles. The predicted molar refractivity (Wildman–Crippen MR) is 45.0 cm³/mol. The van der Waals surface area contributed by atoms with Gasteiger partial charge in [-0.1, -0.05) is 0 Å². The Morgan fingerprint density at radius 2 is 2.46 bits per heavy atom. The van der Waals surface area contributed by atoms with E-state index in [1.54, 1.807) is 13.0 Å². The monoisotopic (exact) mass is 184 g/mol. The molecule has 1 atom stereocenters. The standard InChI is InChI=1S/C9H12O4/c1-6-7(3-4-13-6)8(10)5-9(11)12-2/h3-4,8,10H,5H2,1-2H3/t8-/m0/s1. The molecule has 0 radical (unpaired) electrons. The van der Waals surface area contributed by atoms with Crippen molar-refractivity contribution in [2.75, 3.05) is 7.11 Å². The number of ether oxygens (including phenoxy) is 1. The van der Waals surface area contributed by atoms with Crippen LogP contribution in [0.5, 0.6) is 0 Å². The summed E-state index contributed by atoms with van der Waals surface area (Å²) in [7, 11) is 1.29. The van der Waals surface area contributed by atoms with Crippen LogP contribution >= 0.6 is 0 Å². The second-order valence-corrected chi connectivity index (χ2v) is 2.73. The highest BCUT2D eigenvalue weighted by Crippen LogP contribution is 2.21. The van der Waals surface area contributed by atoms with Crippen molar-refractivity contribution < 1.29 is 19.1 Å². The average Bonchev–Trinajstić information content (AvgIpc) is 2.51. The van der Waals surface area contributed by atoms with Crippen molar-refractivity contribution in [1.82, 2.24) is 0 Å². The van der Waals surface area contributed by atoms with Gasteiger partial charge in [0.25, 0.3) is 0 Å². The van der Waals surface area contributed by atoms with E-state index in [4.69, 9.17) is 4.42 Å². The van der Waals surface area contributed by atoms with E-state index in [-0.39, 0.29) is 6.42 Å². The van der Waals surface area contributed by atoms with Crippen molar-refractivity contribution >= 4 is 5.97 Å². The first kappa shape index (κ1) is 9.80. The first-order valence-electron chi connectivity index (χ1n) is 3.94. The molecule has 0 aliphatic carbocycles. The van der Waals surface area contributed by atoms with Crippen LogP contribution in [0.1, 0.15) is 23.8 Å². The number of aryl methyl sites for hydroxylation is 1. The highest BCUT2D eigenvalue weighted by atomic mass is 16.5. The number of carbonyl (C=O) groups is 1. The Bertz CT molecular complexity index is 290. The number of carbonyl (C=O) groups excluding carboxylic acids is 1. The number of aliphatic hydroxyl groups excluding tert-OH is 1. The van der Waals surface area contributed by atoms with E-state index in [0.29, 0.717) is 11.3 Å². The summed E-state index contributed by atoms with van der Waals surface area (Å²) in [6.45, 7) is 1.73. The fraction of sp³-hybridized carbons (Fsp3) is 0.444. The van der Waals surface area contributed by atoms with Crippen LogP contribution in [0, 0.1) is 6.92 Å². The van der Waals surface area contributed by atoms with Gasteiger partial charge in [0.15, 0.2) is 0 Å². The smallest absolute Gasteiger partial charge is 0.308 e. The van der Waals surface area contributed by atoms with E-state index >= 15 is 0 Å². The van der Waals surface area contributed by atoms with Crippen molar-refractivity contribution in [2.45, 2.75) is 19.4 Å². The molecule has 4 nitrogen and oxygen atoms in total. The van der Waals surface area contributed by atoms with Gasteiger partial charge in [-0.2, -0.15) is 0 Å².